The Morgan fingerprint density at radius 2 is 2.40 bits per heavy atom. The van der Waals surface area contributed by atoms with E-state index in [0.717, 1.165) is 23.4 Å². The van der Waals surface area contributed by atoms with Crippen LogP contribution >= 0.6 is 11.8 Å². The van der Waals surface area contributed by atoms with Gasteiger partial charge in [-0.15, -0.1) is 11.8 Å². The molecule has 2 aromatic rings. The van der Waals surface area contributed by atoms with E-state index in [2.05, 4.69) is 16.7 Å². The first-order valence-corrected chi connectivity index (χ1v) is 7.58. The Kier molecular flexibility index (Phi) is 3.41. The summed E-state index contributed by atoms with van der Waals surface area (Å²) in [6, 6.07) is 10.2. The average Bonchev–Trinajstić information content (AvgIpc) is 2.85. The van der Waals surface area contributed by atoms with Gasteiger partial charge in [-0.3, -0.25) is 4.79 Å². The fourth-order valence-electron chi connectivity index (χ4n) is 2.58. The quantitative estimate of drug-likeness (QED) is 0.871. The molecular weight excluding hydrogens is 270 g/mol. The van der Waals surface area contributed by atoms with Gasteiger partial charge in [-0.1, -0.05) is 12.1 Å². The first-order valence-electron chi connectivity index (χ1n) is 6.60. The molecule has 0 spiro atoms. The van der Waals surface area contributed by atoms with Gasteiger partial charge in [0.25, 0.3) is 5.91 Å². The van der Waals surface area contributed by atoms with Crippen LogP contribution in [0.1, 0.15) is 16.9 Å². The summed E-state index contributed by atoms with van der Waals surface area (Å²) in [5, 5.41) is 9.75. The highest BCUT2D eigenvalue weighted by Crippen LogP contribution is 2.34. The van der Waals surface area contributed by atoms with Crippen LogP contribution in [0, 0.1) is 11.3 Å². The minimum absolute atomic E-state index is 0.00528. The molecule has 2 heterocycles. The van der Waals surface area contributed by atoms with Crippen molar-refractivity contribution in [3.8, 4) is 6.07 Å². The van der Waals surface area contributed by atoms with Gasteiger partial charge in [0.05, 0.1) is 18.0 Å². The molecule has 4 nitrogen and oxygen atoms in total. The molecule has 1 aromatic carbocycles. The van der Waals surface area contributed by atoms with Crippen molar-refractivity contribution in [2.75, 3.05) is 19.3 Å². The second kappa shape index (κ2) is 5.22. The molecule has 1 aromatic heterocycles. The number of para-hydroxylation sites is 1. The topological polar surface area (TPSA) is 49.0 Å². The Hall–Kier alpha value is -1.93. The summed E-state index contributed by atoms with van der Waals surface area (Å²) in [6.45, 7) is 1.33. The SMILES string of the molecule is CN(CCC#N)C(=O)c1cc2cccc3c2n1CCS3. The third-order valence-electron chi connectivity index (χ3n) is 3.58. The molecule has 0 atom stereocenters. The zero-order valence-corrected chi connectivity index (χ0v) is 12.1. The van der Waals surface area contributed by atoms with E-state index in [4.69, 9.17) is 5.26 Å². The van der Waals surface area contributed by atoms with E-state index in [1.807, 2.05) is 30.0 Å². The van der Waals surface area contributed by atoms with Gasteiger partial charge in [-0.2, -0.15) is 5.26 Å². The first-order chi connectivity index (χ1) is 9.72. The Morgan fingerprint density at radius 1 is 1.55 bits per heavy atom. The van der Waals surface area contributed by atoms with Crippen molar-refractivity contribution in [1.82, 2.24) is 9.47 Å². The number of benzene rings is 1. The summed E-state index contributed by atoms with van der Waals surface area (Å²) in [7, 11) is 1.75. The Morgan fingerprint density at radius 3 is 3.20 bits per heavy atom. The number of aryl methyl sites for hydroxylation is 1. The van der Waals surface area contributed by atoms with Crippen molar-refractivity contribution < 1.29 is 4.79 Å². The molecule has 1 aliphatic heterocycles. The number of hydrogen-bond donors (Lipinski definition) is 0. The molecule has 0 fully saturated rings. The number of carbonyl (C=O) groups is 1. The van der Waals surface area contributed by atoms with Gasteiger partial charge in [0.1, 0.15) is 5.69 Å². The standard InChI is InChI=1S/C15H15N3OS/c1-17(7-3-6-16)15(19)12-10-11-4-2-5-13-14(11)18(12)8-9-20-13/h2,4-5,10H,3,7-9H2,1H3. The van der Waals surface area contributed by atoms with Crippen LogP contribution in [0.15, 0.2) is 29.2 Å². The van der Waals surface area contributed by atoms with E-state index in [1.165, 1.54) is 10.4 Å². The van der Waals surface area contributed by atoms with E-state index in [9.17, 15) is 4.79 Å². The van der Waals surface area contributed by atoms with E-state index >= 15 is 0 Å². The van der Waals surface area contributed by atoms with Gasteiger partial charge in [-0.05, 0) is 12.1 Å². The highest BCUT2D eigenvalue weighted by Gasteiger charge is 2.22. The van der Waals surface area contributed by atoms with Crippen LogP contribution in [0.25, 0.3) is 10.9 Å². The monoisotopic (exact) mass is 285 g/mol. The van der Waals surface area contributed by atoms with Gasteiger partial charge >= 0.3 is 0 Å². The highest BCUT2D eigenvalue weighted by atomic mass is 32.2. The lowest BCUT2D eigenvalue weighted by Crippen LogP contribution is -2.30. The molecule has 0 N–H and O–H groups in total. The molecule has 0 saturated heterocycles. The van der Waals surface area contributed by atoms with Crippen molar-refractivity contribution in [3.63, 3.8) is 0 Å². The number of nitriles is 1. The van der Waals surface area contributed by atoms with Crippen molar-refractivity contribution in [2.45, 2.75) is 17.9 Å². The van der Waals surface area contributed by atoms with Crippen LogP contribution in [0.4, 0.5) is 0 Å². The summed E-state index contributed by atoms with van der Waals surface area (Å²) in [5.74, 6) is 0.984. The van der Waals surface area contributed by atoms with Crippen molar-refractivity contribution in [3.05, 3.63) is 30.0 Å². The molecule has 1 amide bonds. The Labute approximate surface area is 122 Å². The molecule has 0 radical (unpaired) electrons. The fourth-order valence-corrected chi connectivity index (χ4v) is 3.61. The molecular formula is C15H15N3OS. The molecule has 5 heteroatoms. The van der Waals surface area contributed by atoms with Gasteiger partial charge < -0.3 is 9.47 Å². The summed E-state index contributed by atoms with van der Waals surface area (Å²) in [4.78, 5) is 15.4. The third-order valence-corrected chi connectivity index (χ3v) is 4.61. The largest absolute Gasteiger partial charge is 0.339 e. The number of aromatic nitrogens is 1. The maximum absolute atomic E-state index is 12.5. The summed E-state index contributed by atoms with van der Waals surface area (Å²) < 4.78 is 2.12. The lowest BCUT2D eigenvalue weighted by molar-refractivity contribution is 0.0788. The van der Waals surface area contributed by atoms with Gasteiger partial charge in [0.2, 0.25) is 0 Å². The second-order valence-electron chi connectivity index (χ2n) is 4.86. The predicted molar refractivity (Wildman–Crippen MR) is 79.9 cm³/mol. The highest BCUT2D eigenvalue weighted by molar-refractivity contribution is 7.99. The number of nitrogens with zero attached hydrogens (tertiary/aromatic N) is 3. The van der Waals surface area contributed by atoms with E-state index in [1.54, 1.807) is 11.9 Å². The molecule has 0 aliphatic carbocycles. The zero-order valence-electron chi connectivity index (χ0n) is 11.3. The summed E-state index contributed by atoms with van der Waals surface area (Å²) in [5.41, 5.74) is 1.90. The number of hydrogen-bond acceptors (Lipinski definition) is 3. The molecule has 20 heavy (non-hydrogen) atoms. The van der Waals surface area contributed by atoms with E-state index in [0.29, 0.717) is 13.0 Å². The van der Waals surface area contributed by atoms with Crippen molar-refractivity contribution in [2.24, 2.45) is 0 Å². The summed E-state index contributed by atoms with van der Waals surface area (Å²) >= 11 is 1.84. The number of carbonyl (C=O) groups excluding carboxylic acids is 1. The van der Waals surface area contributed by atoms with Gasteiger partial charge in [-0.25, -0.2) is 0 Å². The zero-order chi connectivity index (χ0) is 14.1. The van der Waals surface area contributed by atoms with Crippen LogP contribution in [-0.2, 0) is 6.54 Å². The lowest BCUT2D eigenvalue weighted by atomic mass is 10.2. The average molecular weight is 285 g/mol. The summed E-state index contributed by atoms with van der Waals surface area (Å²) in [6.07, 6.45) is 0.365. The molecule has 102 valence electrons. The fraction of sp³-hybridized carbons (Fsp3) is 0.333. The smallest absolute Gasteiger partial charge is 0.270 e. The normalized spacial score (nSPS) is 13.2. The molecule has 0 saturated carbocycles. The first kappa shape index (κ1) is 13.1. The Bertz CT molecular complexity index is 714. The number of thioether (sulfide) groups is 1. The van der Waals surface area contributed by atoms with Crippen LogP contribution in [0.5, 0.6) is 0 Å². The second-order valence-corrected chi connectivity index (χ2v) is 6.00. The van der Waals surface area contributed by atoms with Crippen LogP contribution < -0.4 is 0 Å². The van der Waals surface area contributed by atoms with Crippen LogP contribution in [0.3, 0.4) is 0 Å². The van der Waals surface area contributed by atoms with E-state index in [-0.39, 0.29) is 5.91 Å². The third kappa shape index (κ3) is 2.06. The number of amides is 1. The van der Waals surface area contributed by atoms with Crippen molar-refractivity contribution >= 4 is 28.6 Å². The van der Waals surface area contributed by atoms with Gasteiger partial charge in [0.15, 0.2) is 0 Å². The molecule has 0 unspecified atom stereocenters. The minimum atomic E-state index is -0.00528. The minimum Gasteiger partial charge on any atom is -0.339 e. The Balaban J connectivity index is 2.03. The van der Waals surface area contributed by atoms with Gasteiger partial charge in [0, 0.05) is 36.2 Å². The molecule has 0 bridgehead atoms. The molecule has 3 rings (SSSR count). The van der Waals surface area contributed by atoms with Crippen LogP contribution in [0.2, 0.25) is 0 Å². The maximum atomic E-state index is 12.5. The predicted octanol–water partition coefficient (Wildman–Crippen LogP) is 2.73. The van der Waals surface area contributed by atoms with E-state index < -0.39 is 0 Å². The van der Waals surface area contributed by atoms with Crippen molar-refractivity contribution in [1.29, 1.82) is 5.26 Å². The maximum Gasteiger partial charge on any atom is 0.270 e. The molecule has 1 aliphatic rings. The van der Waals surface area contributed by atoms with Crippen LogP contribution in [-0.4, -0.2) is 34.7 Å². The lowest BCUT2D eigenvalue weighted by Gasteiger charge is -2.20. The number of rotatable bonds is 3.